The number of rotatable bonds is 4. The Kier molecular flexibility index (Phi) is 4.48. The molecule has 0 spiro atoms. The van der Waals surface area contributed by atoms with Gasteiger partial charge in [-0.2, -0.15) is 0 Å². The summed E-state index contributed by atoms with van der Waals surface area (Å²) in [6.07, 6.45) is 0. The van der Waals surface area contributed by atoms with E-state index in [2.05, 4.69) is 19.9 Å². The minimum absolute atomic E-state index is 0.316. The fourth-order valence-corrected chi connectivity index (χ4v) is 4.28. The van der Waals surface area contributed by atoms with Crippen LogP contribution in [-0.2, 0) is 13.6 Å². The topological polar surface area (TPSA) is 101 Å². The summed E-state index contributed by atoms with van der Waals surface area (Å²) in [4.78, 5) is 39.5. The molecule has 0 aliphatic rings. The Balaban J connectivity index is 1.68. The van der Waals surface area contributed by atoms with Gasteiger partial charge in [0, 0.05) is 12.1 Å². The van der Waals surface area contributed by atoms with E-state index < -0.39 is 11.2 Å². The molecule has 3 aromatic heterocycles. The predicted molar refractivity (Wildman–Crippen MR) is 116 cm³/mol. The highest BCUT2D eigenvalue weighted by molar-refractivity contribution is 7.99. The van der Waals surface area contributed by atoms with E-state index >= 15 is 0 Å². The van der Waals surface area contributed by atoms with Crippen LogP contribution in [0.25, 0.3) is 22.2 Å². The van der Waals surface area contributed by atoms with Crippen molar-refractivity contribution in [2.75, 3.05) is 0 Å². The zero-order chi connectivity index (χ0) is 20.8. The Morgan fingerprint density at radius 1 is 1.03 bits per heavy atom. The van der Waals surface area contributed by atoms with Crippen molar-refractivity contribution in [1.29, 1.82) is 0 Å². The van der Waals surface area contributed by atoms with Crippen LogP contribution < -0.4 is 11.2 Å². The van der Waals surface area contributed by atoms with Crippen molar-refractivity contribution in [3.05, 3.63) is 80.0 Å². The molecule has 2 aromatic carbocycles. The largest absolute Gasteiger partial charge is 0.333 e. The van der Waals surface area contributed by atoms with Crippen molar-refractivity contribution in [2.45, 2.75) is 16.9 Å². The molecule has 0 radical (unpaired) electrons. The summed E-state index contributed by atoms with van der Waals surface area (Å²) in [5, 5.41) is 1.82. The molecule has 0 fully saturated rings. The average Bonchev–Trinajstić information content (AvgIpc) is 3.29. The normalized spacial score (nSPS) is 11.5. The molecule has 0 aliphatic carbocycles. The smallest absolute Gasteiger partial charge is 0.329 e. The maximum atomic E-state index is 12.6. The molecule has 8 nitrogen and oxygen atoms in total. The van der Waals surface area contributed by atoms with E-state index in [0.717, 1.165) is 16.6 Å². The lowest BCUT2D eigenvalue weighted by Gasteiger charge is -2.08. The number of nitrogens with zero attached hydrogens (tertiary/aromatic N) is 4. The highest BCUT2D eigenvalue weighted by Crippen LogP contribution is 2.29. The number of aryl methyl sites for hydroxylation is 1. The van der Waals surface area contributed by atoms with E-state index in [1.807, 2.05) is 36.4 Å². The minimum Gasteiger partial charge on any atom is -0.333 e. The molecule has 0 unspecified atom stereocenters. The molecule has 0 amide bonds. The van der Waals surface area contributed by atoms with Crippen LogP contribution in [-0.4, -0.2) is 29.1 Å². The number of halogens is 1. The summed E-state index contributed by atoms with van der Waals surface area (Å²) in [7, 11) is 1.58. The Morgan fingerprint density at radius 2 is 1.80 bits per heavy atom. The number of fused-ring (bicyclic) bond motifs is 2. The third kappa shape index (κ3) is 3.21. The monoisotopic (exact) mass is 438 g/mol. The number of hydrogen-bond donors (Lipinski definition) is 2. The Hall–Kier alpha value is -3.30. The van der Waals surface area contributed by atoms with Crippen LogP contribution in [0.5, 0.6) is 0 Å². The van der Waals surface area contributed by atoms with Gasteiger partial charge >= 0.3 is 5.69 Å². The van der Waals surface area contributed by atoms with Crippen LogP contribution >= 0.6 is 23.4 Å². The first kappa shape index (κ1) is 18.7. The number of benzene rings is 2. The van der Waals surface area contributed by atoms with Gasteiger partial charge in [-0.1, -0.05) is 35.9 Å². The van der Waals surface area contributed by atoms with Gasteiger partial charge in [-0.25, -0.2) is 14.8 Å². The second-order valence-electron chi connectivity index (χ2n) is 6.76. The minimum atomic E-state index is -0.510. The van der Waals surface area contributed by atoms with E-state index in [1.165, 1.54) is 16.3 Å². The van der Waals surface area contributed by atoms with Gasteiger partial charge in [0.25, 0.3) is 5.56 Å². The fourth-order valence-electron chi connectivity index (χ4n) is 3.28. The van der Waals surface area contributed by atoms with Crippen molar-refractivity contribution in [1.82, 2.24) is 29.1 Å². The summed E-state index contributed by atoms with van der Waals surface area (Å²) < 4.78 is 3.12. The van der Waals surface area contributed by atoms with Gasteiger partial charge in [-0.05, 0) is 41.6 Å². The standard InChI is InChI=1S/C20H15ClN6O2S/c1-26-16-15(17(28)25-19(26)29)27(10-11-6-8-12(21)9-7-11)20(24-16)30-18-22-13-4-2-3-5-14(13)23-18/h2-9H,10H2,1H3,(H,22,23)(H,25,28,29). The molecule has 0 saturated heterocycles. The number of para-hydroxylation sites is 2. The van der Waals surface area contributed by atoms with E-state index in [9.17, 15) is 9.59 Å². The van der Waals surface area contributed by atoms with Crippen LogP contribution in [0, 0.1) is 0 Å². The van der Waals surface area contributed by atoms with Crippen LogP contribution in [0.15, 0.2) is 68.4 Å². The number of H-pyrrole nitrogens is 2. The third-order valence-electron chi connectivity index (χ3n) is 4.78. The van der Waals surface area contributed by atoms with Crippen molar-refractivity contribution in [3.63, 3.8) is 0 Å². The van der Waals surface area contributed by atoms with Crippen molar-refractivity contribution in [3.8, 4) is 0 Å². The molecule has 0 atom stereocenters. The van der Waals surface area contributed by atoms with Gasteiger partial charge in [-0.15, -0.1) is 0 Å². The van der Waals surface area contributed by atoms with Crippen molar-refractivity contribution < 1.29 is 0 Å². The maximum Gasteiger partial charge on any atom is 0.329 e. The summed E-state index contributed by atoms with van der Waals surface area (Å²) in [5.41, 5.74) is 2.34. The van der Waals surface area contributed by atoms with Gasteiger partial charge in [0.1, 0.15) is 0 Å². The number of hydrogen-bond acceptors (Lipinski definition) is 5. The fraction of sp³-hybridized carbons (Fsp3) is 0.100. The molecule has 150 valence electrons. The molecule has 5 rings (SSSR count). The zero-order valence-corrected chi connectivity index (χ0v) is 17.3. The molecule has 3 heterocycles. The summed E-state index contributed by atoms with van der Waals surface area (Å²) >= 11 is 7.30. The Morgan fingerprint density at radius 3 is 2.57 bits per heavy atom. The molecule has 0 saturated carbocycles. The third-order valence-corrected chi connectivity index (χ3v) is 5.91. The van der Waals surface area contributed by atoms with Crippen molar-refractivity contribution >= 4 is 45.6 Å². The van der Waals surface area contributed by atoms with Crippen LogP contribution in [0.2, 0.25) is 5.02 Å². The van der Waals surface area contributed by atoms with Gasteiger partial charge in [0.05, 0.1) is 17.6 Å². The van der Waals surface area contributed by atoms with E-state index in [4.69, 9.17) is 11.6 Å². The van der Waals surface area contributed by atoms with E-state index in [-0.39, 0.29) is 0 Å². The molecular formula is C20H15ClN6O2S. The lowest BCUT2D eigenvalue weighted by Crippen LogP contribution is -2.29. The Labute approximate surface area is 178 Å². The van der Waals surface area contributed by atoms with E-state index in [1.54, 1.807) is 23.7 Å². The predicted octanol–water partition coefficient (Wildman–Crippen LogP) is 3.15. The van der Waals surface area contributed by atoms with Crippen LogP contribution in [0.3, 0.4) is 0 Å². The number of aromatic amines is 2. The molecule has 10 heteroatoms. The van der Waals surface area contributed by atoms with Crippen LogP contribution in [0.4, 0.5) is 0 Å². The first-order valence-corrected chi connectivity index (χ1v) is 10.3. The highest BCUT2D eigenvalue weighted by Gasteiger charge is 2.19. The molecule has 5 aromatic rings. The van der Waals surface area contributed by atoms with Gasteiger partial charge in [0.15, 0.2) is 21.5 Å². The van der Waals surface area contributed by atoms with E-state index in [0.29, 0.717) is 33.0 Å². The van der Waals surface area contributed by atoms with Gasteiger partial charge < -0.3 is 9.55 Å². The number of nitrogens with one attached hydrogen (secondary N) is 2. The Bertz CT molecular complexity index is 1480. The number of aromatic nitrogens is 6. The summed E-state index contributed by atoms with van der Waals surface area (Å²) in [6, 6.07) is 15.1. The maximum absolute atomic E-state index is 12.6. The first-order chi connectivity index (χ1) is 14.5. The second-order valence-corrected chi connectivity index (χ2v) is 8.15. The molecular weight excluding hydrogens is 424 g/mol. The molecule has 0 aliphatic heterocycles. The highest BCUT2D eigenvalue weighted by atomic mass is 35.5. The quantitative estimate of drug-likeness (QED) is 0.449. The second kappa shape index (κ2) is 7.19. The first-order valence-electron chi connectivity index (χ1n) is 9.06. The van der Waals surface area contributed by atoms with Gasteiger partial charge in [-0.3, -0.25) is 14.3 Å². The zero-order valence-electron chi connectivity index (χ0n) is 15.7. The van der Waals surface area contributed by atoms with Crippen LogP contribution in [0.1, 0.15) is 5.56 Å². The van der Waals surface area contributed by atoms with Gasteiger partial charge in [0.2, 0.25) is 0 Å². The SMILES string of the molecule is Cn1c(=O)[nH]c(=O)c2c1nc(Sc1nc3ccccc3[nH]1)n2Cc1ccc(Cl)cc1. The molecule has 0 bridgehead atoms. The molecule has 2 N–H and O–H groups in total. The summed E-state index contributed by atoms with van der Waals surface area (Å²) in [5.74, 6) is 0. The van der Waals surface area contributed by atoms with Crippen molar-refractivity contribution in [2.24, 2.45) is 7.05 Å². The lowest BCUT2D eigenvalue weighted by molar-refractivity contribution is 0.726. The summed E-state index contributed by atoms with van der Waals surface area (Å²) in [6.45, 7) is 0.386. The molecule has 30 heavy (non-hydrogen) atoms. The average molecular weight is 439 g/mol. The lowest BCUT2D eigenvalue weighted by atomic mass is 10.2. The number of imidazole rings is 2.